The van der Waals surface area contributed by atoms with Crippen LogP contribution in [0.2, 0.25) is 0 Å². The van der Waals surface area contributed by atoms with Gasteiger partial charge in [-0.05, 0) is 12.8 Å². The number of carbonyl (C=O) groups excluding carboxylic acids is 1. The number of piperidine rings is 1. The smallest absolute Gasteiger partial charge is 0.245 e. The van der Waals surface area contributed by atoms with E-state index in [4.69, 9.17) is 0 Å². The van der Waals surface area contributed by atoms with Crippen LogP contribution in [-0.2, 0) is 4.79 Å². The molecule has 2 nitrogen and oxygen atoms in total. The molecule has 1 rings (SSSR count). The van der Waals surface area contributed by atoms with E-state index in [1.54, 1.807) is 0 Å². The average Bonchev–Trinajstić information content (AvgIpc) is 1.77. The second kappa shape index (κ2) is 2.42. The van der Waals surface area contributed by atoms with Crippen molar-refractivity contribution in [1.82, 2.24) is 5.32 Å². The summed E-state index contributed by atoms with van der Waals surface area (Å²) in [4.78, 5) is 10.9. The van der Waals surface area contributed by atoms with E-state index in [9.17, 15) is 4.79 Å². The second-order valence-corrected chi connectivity index (χ2v) is 4.06. The lowest BCUT2D eigenvalue weighted by molar-refractivity contribution is -0.122. The lowest BCUT2D eigenvalue weighted by atomic mass is 10.1. The predicted molar refractivity (Wildman–Crippen MR) is 42.9 cm³/mol. The van der Waals surface area contributed by atoms with Gasteiger partial charge >= 0.3 is 0 Å². The quantitative estimate of drug-likeness (QED) is 0.351. The predicted octanol–water partition coefficient (Wildman–Crippen LogP) is 0.452. The Balaban J connectivity index is 2.60. The van der Waals surface area contributed by atoms with E-state index in [0.717, 1.165) is 19.4 Å². The minimum absolute atomic E-state index is 0.0691. The molecule has 1 amide bonds. The zero-order chi connectivity index (χ0) is 6.91. The molecule has 9 heavy (non-hydrogen) atoms. The van der Waals surface area contributed by atoms with Crippen molar-refractivity contribution < 1.29 is 4.79 Å². The van der Waals surface area contributed by atoms with Gasteiger partial charge in [-0.15, -0.1) is 0 Å². The average molecular weight is 163 g/mol. The first-order valence-electron chi connectivity index (χ1n) is 2.86. The summed E-state index contributed by atoms with van der Waals surface area (Å²) < 4.78 is -0.724. The minimum Gasteiger partial charge on any atom is -0.354 e. The van der Waals surface area contributed by atoms with Crippen LogP contribution in [0.5, 0.6) is 0 Å². The van der Waals surface area contributed by atoms with Gasteiger partial charge in [0.1, 0.15) is 4.08 Å². The fraction of sp³-hybridized carbons (Fsp3) is 0.800. The number of thiol groups is 2. The summed E-state index contributed by atoms with van der Waals surface area (Å²) in [7, 11) is 0. The van der Waals surface area contributed by atoms with Gasteiger partial charge in [0, 0.05) is 6.54 Å². The molecule has 1 N–H and O–H groups in total. The molecule has 1 fully saturated rings. The summed E-state index contributed by atoms with van der Waals surface area (Å²) in [5, 5.41) is 2.68. The number of hydrogen-bond acceptors (Lipinski definition) is 3. The zero-order valence-electron chi connectivity index (χ0n) is 4.92. The molecule has 0 aromatic rings. The molecule has 0 bridgehead atoms. The standard InChI is InChI=1S/C5H9NOS2/c7-4-5(8,9)2-1-3-6-4/h8-9H,1-3H2,(H,6,7). The highest BCUT2D eigenvalue weighted by atomic mass is 32.2. The Morgan fingerprint density at radius 2 is 2.22 bits per heavy atom. The third-order valence-corrected chi connectivity index (χ3v) is 2.20. The Morgan fingerprint density at radius 1 is 1.56 bits per heavy atom. The van der Waals surface area contributed by atoms with E-state index >= 15 is 0 Å². The summed E-state index contributed by atoms with van der Waals surface area (Å²) in [6, 6.07) is 0. The number of carbonyl (C=O) groups is 1. The first-order valence-corrected chi connectivity index (χ1v) is 3.75. The van der Waals surface area contributed by atoms with E-state index in [0.29, 0.717) is 0 Å². The fourth-order valence-corrected chi connectivity index (χ4v) is 1.27. The zero-order valence-corrected chi connectivity index (χ0v) is 6.71. The number of amides is 1. The maximum absolute atomic E-state index is 10.9. The van der Waals surface area contributed by atoms with Crippen molar-refractivity contribution in [3.05, 3.63) is 0 Å². The highest BCUT2D eigenvalue weighted by molar-refractivity contribution is 8.02. The number of rotatable bonds is 0. The van der Waals surface area contributed by atoms with Crippen LogP contribution in [0.4, 0.5) is 0 Å². The van der Waals surface area contributed by atoms with Crippen LogP contribution in [0.1, 0.15) is 12.8 Å². The molecule has 0 atom stereocenters. The third-order valence-electron chi connectivity index (χ3n) is 1.35. The van der Waals surface area contributed by atoms with Gasteiger partial charge in [0.15, 0.2) is 0 Å². The summed E-state index contributed by atoms with van der Waals surface area (Å²) in [5.74, 6) is -0.0691. The molecular formula is C5H9NOS2. The molecule has 0 saturated carbocycles. The molecule has 4 heteroatoms. The molecule has 0 aromatic carbocycles. The van der Waals surface area contributed by atoms with Gasteiger partial charge in [-0.1, -0.05) is 0 Å². The maximum Gasteiger partial charge on any atom is 0.245 e. The van der Waals surface area contributed by atoms with Crippen LogP contribution in [0.15, 0.2) is 0 Å². The van der Waals surface area contributed by atoms with Gasteiger partial charge in [0.25, 0.3) is 0 Å². The van der Waals surface area contributed by atoms with Gasteiger partial charge in [-0.25, -0.2) is 0 Å². The number of nitrogens with one attached hydrogen (secondary N) is 1. The summed E-state index contributed by atoms with van der Waals surface area (Å²) in [6.45, 7) is 0.766. The number of hydrogen-bond donors (Lipinski definition) is 3. The Morgan fingerprint density at radius 3 is 2.56 bits per heavy atom. The van der Waals surface area contributed by atoms with Crippen LogP contribution in [0.3, 0.4) is 0 Å². The van der Waals surface area contributed by atoms with Gasteiger partial charge in [-0.3, -0.25) is 4.79 Å². The van der Waals surface area contributed by atoms with Crippen LogP contribution < -0.4 is 5.32 Å². The van der Waals surface area contributed by atoms with Crippen LogP contribution in [-0.4, -0.2) is 16.5 Å². The largest absolute Gasteiger partial charge is 0.354 e. The first kappa shape index (κ1) is 7.28. The maximum atomic E-state index is 10.9. The van der Waals surface area contributed by atoms with Crippen molar-refractivity contribution >= 4 is 31.2 Å². The monoisotopic (exact) mass is 163 g/mol. The first-order chi connectivity index (χ1) is 4.13. The van der Waals surface area contributed by atoms with E-state index in [1.807, 2.05) is 0 Å². The van der Waals surface area contributed by atoms with Crippen LogP contribution in [0, 0.1) is 0 Å². The second-order valence-electron chi connectivity index (χ2n) is 2.18. The molecule has 1 heterocycles. The lowest BCUT2D eigenvalue weighted by Gasteiger charge is -2.26. The minimum atomic E-state index is -0.724. The van der Waals surface area contributed by atoms with Crippen molar-refractivity contribution in [3.63, 3.8) is 0 Å². The molecule has 52 valence electrons. The van der Waals surface area contributed by atoms with Crippen molar-refractivity contribution in [3.8, 4) is 0 Å². The van der Waals surface area contributed by atoms with Gasteiger partial charge in [0.2, 0.25) is 5.91 Å². The van der Waals surface area contributed by atoms with Gasteiger partial charge < -0.3 is 5.32 Å². The SMILES string of the molecule is O=C1NCCCC1(S)S. The molecule has 1 aliphatic heterocycles. The van der Waals surface area contributed by atoms with Crippen LogP contribution >= 0.6 is 25.3 Å². The van der Waals surface area contributed by atoms with E-state index < -0.39 is 4.08 Å². The molecule has 1 saturated heterocycles. The van der Waals surface area contributed by atoms with E-state index in [2.05, 4.69) is 30.6 Å². The molecule has 0 spiro atoms. The Hall–Kier alpha value is 0.170. The summed E-state index contributed by atoms with van der Waals surface area (Å²) >= 11 is 8.13. The van der Waals surface area contributed by atoms with Gasteiger partial charge in [0.05, 0.1) is 0 Å². The Labute approximate surface area is 65.2 Å². The lowest BCUT2D eigenvalue weighted by Crippen LogP contribution is -2.43. The molecular weight excluding hydrogens is 154 g/mol. The van der Waals surface area contributed by atoms with Gasteiger partial charge in [-0.2, -0.15) is 25.3 Å². The molecule has 0 radical (unpaired) electrons. The highest BCUT2D eigenvalue weighted by Gasteiger charge is 2.32. The van der Waals surface area contributed by atoms with E-state index in [1.165, 1.54) is 0 Å². The molecule has 1 aliphatic rings. The topological polar surface area (TPSA) is 29.1 Å². The molecule has 0 unspecified atom stereocenters. The van der Waals surface area contributed by atoms with Crippen molar-refractivity contribution in [1.29, 1.82) is 0 Å². The normalized spacial score (nSPS) is 25.3. The third kappa shape index (κ3) is 1.55. The van der Waals surface area contributed by atoms with E-state index in [-0.39, 0.29) is 5.91 Å². The molecule has 0 aromatic heterocycles. The van der Waals surface area contributed by atoms with Crippen LogP contribution in [0.25, 0.3) is 0 Å². The highest BCUT2D eigenvalue weighted by Crippen LogP contribution is 2.27. The summed E-state index contributed by atoms with van der Waals surface area (Å²) in [6.07, 6.45) is 1.73. The Kier molecular flexibility index (Phi) is 1.96. The molecule has 0 aliphatic carbocycles. The van der Waals surface area contributed by atoms with Crippen molar-refractivity contribution in [2.75, 3.05) is 6.54 Å². The Bertz CT molecular complexity index is 135. The van der Waals surface area contributed by atoms with Crippen molar-refractivity contribution in [2.45, 2.75) is 16.9 Å². The summed E-state index contributed by atoms with van der Waals surface area (Å²) in [5.41, 5.74) is 0. The van der Waals surface area contributed by atoms with Crippen molar-refractivity contribution in [2.24, 2.45) is 0 Å². The fourth-order valence-electron chi connectivity index (χ4n) is 0.792.